The molecule has 1 aliphatic rings. The maximum Gasteiger partial charge on any atom is 0.0216 e. The first kappa shape index (κ1) is 12.1. The van der Waals surface area contributed by atoms with Gasteiger partial charge in [0, 0.05) is 6.54 Å². The maximum atomic E-state index is 3.63. The van der Waals surface area contributed by atoms with Crippen LogP contribution in [0.3, 0.4) is 0 Å². The van der Waals surface area contributed by atoms with E-state index in [-0.39, 0.29) is 0 Å². The molecule has 1 saturated carbocycles. The Labute approximate surface area is 103 Å². The summed E-state index contributed by atoms with van der Waals surface area (Å²) in [6.07, 6.45) is 5.74. The number of aryl methyl sites for hydroxylation is 1. The van der Waals surface area contributed by atoms with Crippen molar-refractivity contribution in [1.82, 2.24) is 5.32 Å². The Morgan fingerprint density at radius 2 is 2.25 bits per heavy atom. The van der Waals surface area contributed by atoms with E-state index in [1.807, 2.05) is 11.3 Å². The minimum absolute atomic E-state index is 0.919. The fourth-order valence-electron chi connectivity index (χ4n) is 2.72. The molecule has 2 rings (SSSR count). The first-order valence-corrected chi connectivity index (χ1v) is 7.42. The lowest BCUT2D eigenvalue weighted by molar-refractivity contribution is 0.274. The summed E-state index contributed by atoms with van der Waals surface area (Å²) in [4.78, 5) is 0. The van der Waals surface area contributed by atoms with Crippen molar-refractivity contribution in [3.8, 4) is 0 Å². The average molecular weight is 237 g/mol. The summed E-state index contributed by atoms with van der Waals surface area (Å²) in [5, 5.41) is 8.13. The fourth-order valence-corrected chi connectivity index (χ4v) is 3.58. The van der Waals surface area contributed by atoms with Gasteiger partial charge in [-0.2, -0.15) is 11.3 Å². The van der Waals surface area contributed by atoms with Crippen LogP contribution in [0.15, 0.2) is 10.8 Å². The largest absolute Gasteiger partial charge is 0.312 e. The molecule has 0 spiro atoms. The van der Waals surface area contributed by atoms with Crippen LogP contribution in [0.5, 0.6) is 0 Å². The van der Waals surface area contributed by atoms with Gasteiger partial charge in [-0.05, 0) is 60.0 Å². The molecular weight excluding hydrogens is 214 g/mol. The molecule has 1 fully saturated rings. The normalized spacial score (nSPS) is 25.9. The summed E-state index contributed by atoms with van der Waals surface area (Å²) in [7, 11) is 0. The molecule has 1 N–H and O–H groups in total. The minimum Gasteiger partial charge on any atom is -0.312 e. The molecule has 0 aliphatic heterocycles. The van der Waals surface area contributed by atoms with Crippen molar-refractivity contribution in [3.63, 3.8) is 0 Å². The van der Waals surface area contributed by atoms with Crippen LogP contribution in [0, 0.1) is 18.8 Å². The van der Waals surface area contributed by atoms with E-state index in [1.54, 1.807) is 0 Å². The van der Waals surface area contributed by atoms with Crippen molar-refractivity contribution < 1.29 is 0 Å². The minimum atomic E-state index is 0.919. The number of hydrogen-bond acceptors (Lipinski definition) is 2. The van der Waals surface area contributed by atoms with Crippen molar-refractivity contribution in [3.05, 3.63) is 21.9 Å². The molecule has 90 valence electrons. The molecular formula is C14H23NS. The fraction of sp³-hybridized carbons (Fsp3) is 0.714. The summed E-state index contributed by atoms with van der Waals surface area (Å²) >= 11 is 1.81. The lowest BCUT2D eigenvalue weighted by atomic mass is 9.82. The summed E-state index contributed by atoms with van der Waals surface area (Å²) in [5.41, 5.74) is 2.92. The average Bonchev–Trinajstić information content (AvgIpc) is 2.65. The van der Waals surface area contributed by atoms with Gasteiger partial charge >= 0.3 is 0 Å². The molecule has 1 aromatic heterocycles. The molecule has 0 bridgehead atoms. The summed E-state index contributed by atoms with van der Waals surface area (Å²) < 4.78 is 0. The van der Waals surface area contributed by atoms with Gasteiger partial charge in [-0.25, -0.2) is 0 Å². The van der Waals surface area contributed by atoms with Gasteiger partial charge in [0.25, 0.3) is 0 Å². The highest BCUT2D eigenvalue weighted by Crippen LogP contribution is 2.28. The Kier molecular flexibility index (Phi) is 4.42. The van der Waals surface area contributed by atoms with E-state index in [0.717, 1.165) is 18.4 Å². The summed E-state index contributed by atoms with van der Waals surface area (Å²) in [6, 6.07) is 0. The molecule has 16 heavy (non-hydrogen) atoms. The third kappa shape index (κ3) is 3.33. The monoisotopic (exact) mass is 237 g/mol. The van der Waals surface area contributed by atoms with Crippen molar-refractivity contribution in [2.75, 3.05) is 6.54 Å². The molecule has 0 aromatic carbocycles. The van der Waals surface area contributed by atoms with E-state index < -0.39 is 0 Å². The van der Waals surface area contributed by atoms with E-state index in [4.69, 9.17) is 0 Å². The van der Waals surface area contributed by atoms with E-state index in [9.17, 15) is 0 Å². The molecule has 1 aromatic rings. The van der Waals surface area contributed by atoms with Gasteiger partial charge in [-0.15, -0.1) is 0 Å². The SMILES string of the molecule is Cc1cscc1CNCC1CCCC(C)C1. The topological polar surface area (TPSA) is 12.0 Å². The molecule has 0 amide bonds. The van der Waals surface area contributed by atoms with Gasteiger partial charge in [0.05, 0.1) is 0 Å². The van der Waals surface area contributed by atoms with Crippen LogP contribution in [0.1, 0.15) is 43.7 Å². The van der Waals surface area contributed by atoms with E-state index >= 15 is 0 Å². The van der Waals surface area contributed by atoms with Gasteiger partial charge in [-0.1, -0.05) is 19.8 Å². The molecule has 1 heterocycles. The second-order valence-corrected chi connectivity index (χ2v) is 6.09. The van der Waals surface area contributed by atoms with E-state index in [0.29, 0.717) is 0 Å². The van der Waals surface area contributed by atoms with Crippen LogP contribution >= 0.6 is 11.3 Å². The maximum absolute atomic E-state index is 3.63. The van der Waals surface area contributed by atoms with Crippen molar-refractivity contribution in [2.24, 2.45) is 11.8 Å². The quantitative estimate of drug-likeness (QED) is 0.835. The van der Waals surface area contributed by atoms with Crippen LogP contribution < -0.4 is 5.32 Å². The van der Waals surface area contributed by atoms with Gasteiger partial charge in [0.2, 0.25) is 0 Å². The standard InChI is InChI=1S/C14H23NS/c1-11-4-3-5-13(6-11)7-15-8-14-10-16-9-12(14)2/h9-11,13,15H,3-8H2,1-2H3. The van der Waals surface area contributed by atoms with Gasteiger partial charge < -0.3 is 5.32 Å². The lowest BCUT2D eigenvalue weighted by Gasteiger charge is -2.26. The van der Waals surface area contributed by atoms with Crippen molar-refractivity contribution in [1.29, 1.82) is 0 Å². The third-order valence-electron chi connectivity index (χ3n) is 3.76. The summed E-state index contributed by atoms with van der Waals surface area (Å²) in [6.45, 7) is 6.87. The summed E-state index contributed by atoms with van der Waals surface area (Å²) in [5.74, 6) is 1.87. The second-order valence-electron chi connectivity index (χ2n) is 5.35. The predicted molar refractivity (Wildman–Crippen MR) is 71.9 cm³/mol. The van der Waals surface area contributed by atoms with E-state index in [1.165, 1.54) is 43.4 Å². The van der Waals surface area contributed by atoms with Crippen molar-refractivity contribution >= 4 is 11.3 Å². The zero-order valence-corrected chi connectivity index (χ0v) is 11.3. The number of nitrogens with one attached hydrogen (secondary N) is 1. The molecule has 1 aliphatic carbocycles. The Morgan fingerprint density at radius 1 is 1.38 bits per heavy atom. The highest BCUT2D eigenvalue weighted by Gasteiger charge is 2.18. The zero-order valence-electron chi connectivity index (χ0n) is 10.5. The number of hydrogen-bond donors (Lipinski definition) is 1. The second kappa shape index (κ2) is 5.83. The highest BCUT2D eigenvalue weighted by molar-refractivity contribution is 7.08. The Balaban J connectivity index is 1.70. The molecule has 0 saturated heterocycles. The highest BCUT2D eigenvalue weighted by atomic mass is 32.1. The molecule has 2 atom stereocenters. The predicted octanol–water partition coefficient (Wildman–Crippen LogP) is 3.97. The molecule has 1 nitrogen and oxygen atoms in total. The smallest absolute Gasteiger partial charge is 0.0216 e. The van der Waals surface area contributed by atoms with Crippen LogP contribution in [-0.2, 0) is 6.54 Å². The van der Waals surface area contributed by atoms with Gasteiger partial charge in [-0.3, -0.25) is 0 Å². The number of rotatable bonds is 4. The first-order valence-electron chi connectivity index (χ1n) is 6.48. The van der Waals surface area contributed by atoms with Crippen molar-refractivity contribution in [2.45, 2.75) is 46.1 Å². The van der Waals surface area contributed by atoms with Crippen LogP contribution in [0.25, 0.3) is 0 Å². The van der Waals surface area contributed by atoms with E-state index in [2.05, 4.69) is 29.9 Å². The third-order valence-corrected chi connectivity index (χ3v) is 4.67. The Hall–Kier alpha value is -0.340. The molecule has 2 heteroatoms. The Bertz CT molecular complexity index is 318. The first-order chi connectivity index (χ1) is 7.75. The Morgan fingerprint density at radius 3 is 2.94 bits per heavy atom. The van der Waals surface area contributed by atoms with Gasteiger partial charge in [0.1, 0.15) is 0 Å². The van der Waals surface area contributed by atoms with Gasteiger partial charge in [0.15, 0.2) is 0 Å². The molecule has 2 unspecified atom stereocenters. The number of thiophene rings is 1. The lowest BCUT2D eigenvalue weighted by Crippen LogP contribution is -2.26. The van der Waals surface area contributed by atoms with Crippen LogP contribution in [0.4, 0.5) is 0 Å². The van der Waals surface area contributed by atoms with Crippen LogP contribution in [0.2, 0.25) is 0 Å². The zero-order chi connectivity index (χ0) is 11.4. The van der Waals surface area contributed by atoms with Crippen LogP contribution in [-0.4, -0.2) is 6.54 Å². The molecule has 0 radical (unpaired) electrons.